The number of amides is 1. The largest absolute Gasteiger partial charge is 0.316 e. The summed E-state index contributed by atoms with van der Waals surface area (Å²) < 4.78 is 13.3. The minimum absolute atomic E-state index is 0. The maximum atomic E-state index is 13.3. The Kier molecular flexibility index (Phi) is 7.35. The van der Waals surface area contributed by atoms with Crippen LogP contribution in [0.3, 0.4) is 0 Å². The molecule has 1 aromatic carbocycles. The van der Waals surface area contributed by atoms with E-state index in [0.29, 0.717) is 34.6 Å². The molecule has 1 saturated heterocycles. The van der Waals surface area contributed by atoms with E-state index >= 15 is 0 Å². The molecule has 0 saturated carbocycles. The van der Waals surface area contributed by atoms with Gasteiger partial charge < -0.3 is 10.6 Å². The lowest BCUT2D eigenvalue weighted by atomic mass is 9.85. The van der Waals surface area contributed by atoms with E-state index in [2.05, 4.69) is 22.5 Å². The number of carbonyl (C=O) groups excluding carboxylic acids is 1. The summed E-state index contributed by atoms with van der Waals surface area (Å²) in [6.45, 7) is 4.21. The highest BCUT2D eigenvalue weighted by Crippen LogP contribution is 2.27. The minimum atomic E-state index is -0.291. The van der Waals surface area contributed by atoms with Crippen molar-refractivity contribution in [3.05, 3.63) is 35.5 Å². The zero-order valence-corrected chi connectivity index (χ0v) is 15.8. The van der Waals surface area contributed by atoms with Crippen LogP contribution in [0.5, 0.6) is 0 Å². The summed E-state index contributed by atoms with van der Waals surface area (Å²) in [5.74, 6) is 0.610. The Morgan fingerprint density at radius 2 is 2.36 bits per heavy atom. The van der Waals surface area contributed by atoms with Crippen molar-refractivity contribution < 1.29 is 9.18 Å². The van der Waals surface area contributed by atoms with Crippen molar-refractivity contribution in [2.45, 2.75) is 26.2 Å². The zero-order chi connectivity index (χ0) is 16.9. The fourth-order valence-electron chi connectivity index (χ4n) is 3.11. The molecular formula is C18H23ClFN3OS. The number of halogens is 2. The summed E-state index contributed by atoms with van der Waals surface area (Å²) in [6.07, 6.45) is 2.86. The first kappa shape index (κ1) is 19.8. The van der Waals surface area contributed by atoms with Crippen LogP contribution < -0.4 is 10.6 Å². The number of hydrogen-bond acceptors (Lipinski definition) is 4. The number of thiazole rings is 1. The molecule has 1 aliphatic heterocycles. The molecule has 4 nitrogen and oxygen atoms in total. The van der Waals surface area contributed by atoms with E-state index in [1.807, 2.05) is 11.4 Å². The lowest BCUT2D eigenvalue weighted by molar-refractivity contribution is -0.117. The van der Waals surface area contributed by atoms with Crippen LogP contribution in [0.2, 0.25) is 0 Å². The van der Waals surface area contributed by atoms with Gasteiger partial charge >= 0.3 is 0 Å². The van der Waals surface area contributed by atoms with E-state index in [-0.39, 0.29) is 24.1 Å². The highest BCUT2D eigenvalue weighted by molar-refractivity contribution is 7.14. The normalized spacial score (nSPS) is 18.2. The molecule has 0 radical (unpaired) electrons. The Bertz CT molecular complexity index is 703. The number of carbonyl (C=O) groups is 1. The maximum absolute atomic E-state index is 13.3. The van der Waals surface area contributed by atoms with Crippen molar-refractivity contribution in [3.8, 4) is 11.3 Å². The topological polar surface area (TPSA) is 54.0 Å². The van der Waals surface area contributed by atoms with Gasteiger partial charge in [0.1, 0.15) is 5.82 Å². The van der Waals surface area contributed by atoms with E-state index in [1.54, 1.807) is 6.07 Å². The molecule has 7 heteroatoms. The predicted octanol–water partition coefficient (Wildman–Crippen LogP) is 4.34. The summed E-state index contributed by atoms with van der Waals surface area (Å²) >= 11 is 1.36. The fourth-order valence-corrected chi connectivity index (χ4v) is 3.84. The van der Waals surface area contributed by atoms with E-state index < -0.39 is 0 Å². The molecular weight excluding hydrogens is 361 g/mol. The van der Waals surface area contributed by atoms with Gasteiger partial charge in [0, 0.05) is 17.4 Å². The van der Waals surface area contributed by atoms with Gasteiger partial charge in [0.15, 0.2) is 5.13 Å². The van der Waals surface area contributed by atoms with Gasteiger partial charge in [-0.1, -0.05) is 19.1 Å². The number of anilines is 1. The lowest BCUT2D eigenvalue weighted by Gasteiger charge is -2.27. The molecule has 2 heterocycles. The van der Waals surface area contributed by atoms with Crippen LogP contribution in [0.1, 0.15) is 26.2 Å². The van der Waals surface area contributed by atoms with Gasteiger partial charge in [-0.3, -0.25) is 4.79 Å². The number of benzene rings is 1. The average molecular weight is 384 g/mol. The summed E-state index contributed by atoms with van der Waals surface area (Å²) in [5.41, 5.74) is 1.40. The Hall–Kier alpha value is -1.50. The molecule has 0 spiro atoms. The first-order valence-electron chi connectivity index (χ1n) is 8.34. The number of nitrogens with one attached hydrogen (secondary N) is 2. The van der Waals surface area contributed by atoms with E-state index in [9.17, 15) is 9.18 Å². The first-order valence-corrected chi connectivity index (χ1v) is 9.22. The van der Waals surface area contributed by atoms with Gasteiger partial charge in [-0.05, 0) is 49.9 Å². The molecule has 0 aliphatic carbocycles. The summed E-state index contributed by atoms with van der Waals surface area (Å²) in [6, 6.07) is 6.31. The predicted molar refractivity (Wildman–Crippen MR) is 103 cm³/mol. The third-order valence-corrected chi connectivity index (χ3v) is 5.28. The van der Waals surface area contributed by atoms with Crippen LogP contribution in [0.4, 0.5) is 9.52 Å². The average Bonchev–Trinajstić information content (AvgIpc) is 3.04. The van der Waals surface area contributed by atoms with Gasteiger partial charge in [0.05, 0.1) is 5.69 Å². The lowest BCUT2D eigenvalue weighted by Crippen LogP contribution is -2.34. The Balaban J connectivity index is 0.00000225. The van der Waals surface area contributed by atoms with Crippen molar-refractivity contribution in [3.63, 3.8) is 0 Å². The molecule has 2 atom stereocenters. The van der Waals surface area contributed by atoms with E-state index in [0.717, 1.165) is 13.1 Å². The van der Waals surface area contributed by atoms with Crippen LogP contribution in [0.15, 0.2) is 29.6 Å². The van der Waals surface area contributed by atoms with Gasteiger partial charge in [-0.2, -0.15) is 0 Å². The van der Waals surface area contributed by atoms with Crippen molar-refractivity contribution in [1.82, 2.24) is 10.3 Å². The molecule has 3 rings (SSSR count). The quantitative estimate of drug-likeness (QED) is 0.807. The van der Waals surface area contributed by atoms with E-state index in [4.69, 9.17) is 0 Å². The number of piperidine rings is 1. The molecule has 1 aromatic heterocycles. The molecule has 0 bridgehead atoms. The summed E-state index contributed by atoms with van der Waals surface area (Å²) in [7, 11) is 0. The van der Waals surface area contributed by atoms with Crippen LogP contribution in [-0.2, 0) is 4.79 Å². The van der Waals surface area contributed by atoms with Gasteiger partial charge in [0.2, 0.25) is 5.91 Å². The molecule has 1 fully saturated rings. The summed E-state index contributed by atoms with van der Waals surface area (Å²) in [4.78, 5) is 16.6. The van der Waals surface area contributed by atoms with Gasteiger partial charge in [-0.25, -0.2) is 9.37 Å². The van der Waals surface area contributed by atoms with Gasteiger partial charge in [-0.15, -0.1) is 23.7 Å². The second-order valence-electron chi connectivity index (χ2n) is 6.38. The maximum Gasteiger partial charge on any atom is 0.226 e. The smallest absolute Gasteiger partial charge is 0.226 e. The van der Waals surface area contributed by atoms with Gasteiger partial charge in [0.25, 0.3) is 0 Å². The highest BCUT2D eigenvalue weighted by atomic mass is 35.5. The third-order valence-electron chi connectivity index (χ3n) is 4.52. The standard InChI is InChI=1S/C18H22FN3OS.ClH/c1-12(14-5-3-7-20-10-14)8-17(23)22-18-21-16(11-24-18)13-4-2-6-15(19)9-13;/h2,4,6,9,11-12,14,20H,3,5,7-8,10H2,1H3,(H,21,22,23);1H. The number of hydrogen-bond donors (Lipinski definition) is 2. The van der Waals surface area contributed by atoms with Crippen LogP contribution in [0, 0.1) is 17.7 Å². The first-order chi connectivity index (χ1) is 11.6. The van der Waals surface area contributed by atoms with Crippen LogP contribution >= 0.6 is 23.7 Å². The molecule has 136 valence electrons. The molecule has 2 N–H and O–H groups in total. The SMILES string of the molecule is CC(CC(=O)Nc1nc(-c2cccc(F)c2)cs1)C1CCCNC1.Cl. The van der Waals surface area contributed by atoms with Crippen molar-refractivity contribution in [2.24, 2.45) is 11.8 Å². The number of aromatic nitrogens is 1. The third kappa shape index (κ3) is 5.49. The van der Waals surface area contributed by atoms with Crippen molar-refractivity contribution in [1.29, 1.82) is 0 Å². The van der Waals surface area contributed by atoms with Crippen LogP contribution in [-0.4, -0.2) is 24.0 Å². The Labute approximate surface area is 157 Å². The molecule has 1 amide bonds. The number of nitrogens with zero attached hydrogens (tertiary/aromatic N) is 1. The van der Waals surface area contributed by atoms with Crippen molar-refractivity contribution in [2.75, 3.05) is 18.4 Å². The highest BCUT2D eigenvalue weighted by Gasteiger charge is 2.22. The Morgan fingerprint density at radius 3 is 3.08 bits per heavy atom. The zero-order valence-electron chi connectivity index (χ0n) is 14.1. The molecule has 1 aliphatic rings. The fraction of sp³-hybridized carbons (Fsp3) is 0.444. The van der Waals surface area contributed by atoms with Crippen molar-refractivity contribution >= 4 is 34.8 Å². The summed E-state index contributed by atoms with van der Waals surface area (Å²) in [5, 5.41) is 8.66. The molecule has 25 heavy (non-hydrogen) atoms. The minimum Gasteiger partial charge on any atom is -0.316 e. The molecule has 2 aromatic rings. The second-order valence-corrected chi connectivity index (χ2v) is 7.24. The van der Waals surface area contributed by atoms with E-state index in [1.165, 1.54) is 36.3 Å². The molecule has 2 unspecified atom stereocenters. The Morgan fingerprint density at radius 1 is 1.52 bits per heavy atom. The number of rotatable bonds is 5. The van der Waals surface area contributed by atoms with Crippen LogP contribution in [0.25, 0.3) is 11.3 Å². The monoisotopic (exact) mass is 383 g/mol. The second kappa shape index (κ2) is 9.27.